The fraction of sp³-hybridized carbons (Fsp3) is 0.381. The topological polar surface area (TPSA) is 87.8 Å². The molecule has 1 heterocycles. The van der Waals surface area contributed by atoms with Crippen LogP contribution in [0.5, 0.6) is 0 Å². The number of nitrogens with two attached hydrogens (primary N) is 1. The number of hydrogen-bond donors (Lipinski definition) is 2. The first-order valence-electron chi connectivity index (χ1n) is 9.80. The number of guanidine groups is 1. The van der Waals surface area contributed by atoms with Crippen LogP contribution in [0.4, 0.5) is 11.4 Å². The lowest BCUT2D eigenvalue weighted by Crippen LogP contribution is -2.33. The zero-order valence-electron chi connectivity index (χ0n) is 16.3. The predicted molar refractivity (Wildman–Crippen MR) is 130 cm³/mol. The molecule has 0 atom stereocenters. The highest BCUT2D eigenvalue weighted by Crippen LogP contribution is 2.30. The third kappa shape index (κ3) is 4.85. The SMILES string of the molecule is I.NC(=NCCS(=O)(=O)N1CCc2ccccc21)Nc1cccc2c1CCCC2. The van der Waals surface area contributed by atoms with Crippen molar-refractivity contribution in [2.24, 2.45) is 10.7 Å². The van der Waals surface area contributed by atoms with Crippen molar-refractivity contribution < 1.29 is 8.42 Å². The van der Waals surface area contributed by atoms with Crippen LogP contribution in [0.2, 0.25) is 0 Å². The van der Waals surface area contributed by atoms with E-state index in [-0.39, 0.29) is 42.2 Å². The summed E-state index contributed by atoms with van der Waals surface area (Å²) >= 11 is 0. The maximum Gasteiger partial charge on any atom is 0.237 e. The summed E-state index contributed by atoms with van der Waals surface area (Å²) in [6, 6.07) is 13.8. The summed E-state index contributed by atoms with van der Waals surface area (Å²) in [6.07, 6.45) is 5.28. The Morgan fingerprint density at radius 3 is 2.66 bits per heavy atom. The standard InChI is InChI=1S/C21H26N4O2S.HI/c22-21(24-19-10-5-8-16-6-1-3-9-18(16)19)23-13-15-28(26,27)25-14-12-17-7-2-4-11-20(17)25;/h2,4-5,7-8,10-11H,1,3,6,9,12-15H2,(H3,22,23,24);1H. The van der Waals surface area contributed by atoms with Gasteiger partial charge in [0, 0.05) is 12.2 Å². The lowest BCUT2D eigenvalue weighted by atomic mass is 9.90. The second kappa shape index (κ2) is 9.34. The molecule has 1 aliphatic heterocycles. The summed E-state index contributed by atoms with van der Waals surface area (Å²) in [5, 5.41) is 3.16. The molecule has 0 fully saturated rings. The Morgan fingerprint density at radius 1 is 1.03 bits per heavy atom. The fourth-order valence-electron chi connectivity index (χ4n) is 4.06. The molecule has 0 saturated carbocycles. The lowest BCUT2D eigenvalue weighted by Gasteiger charge is -2.20. The van der Waals surface area contributed by atoms with Crippen molar-refractivity contribution in [2.45, 2.75) is 32.1 Å². The first kappa shape index (κ1) is 21.9. The van der Waals surface area contributed by atoms with E-state index >= 15 is 0 Å². The molecule has 1 aliphatic carbocycles. The number of fused-ring (bicyclic) bond motifs is 2. The molecule has 0 bridgehead atoms. The first-order chi connectivity index (χ1) is 13.5. The maximum absolute atomic E-state index is 12.7. The number of hydrogen-bond acceptors (Lipinski definition) is 3. The molecular formula is C21H27IN4O2S. The van der Waals surface area contributed by atoms with Crippen LogP contribution in [0.1, 0.15) is 29.5 Å². The molecule has 8 heteroatoms. The first-order valence-corrected chi connectivity index (χ1v) is 11.4. The summed E-state index contributed by atoms with van der Waals surface area (Å²) in [5.41, 5.74) is 11.5. The number of benzene rings is 2. The highest BCUT2D eigenvalue weighted by molar-refractivity contribution is 14.0. The zero-order valence-corrected chi connectivity index (χ0v) is 19.4. The number of aryl methyl sites for hydroxylation is 1. The van der Waals surface area contributed by atoms with Crippen molar-refractivity contribution in [1.29, 1.82) is 0 Å². The van der Waals surface area contributed by atoms with E-state index in [1.807, 2.05) is 36.4 Å². The van der Waals surface area contributed by atoms with Crippen LogP contribution in [0, 0.1) is 0 Å². The van der Waals surface area contributed by atoms with Gasteiger partial charge in [0.1, 0.15) is 0 Å². The Balaban J connectivity index is 0.00000240. The Bertz CT molecular complexity index is 1010. The summed E-state index contributed by atoms with van der Waals surface area (Å²) < 4.78 is 26.9. The van der Waals surface area contributed by atoms with Gasteiger partial charge in [0.25, 0.3) is 0 Å². The number of rotatable bonds is 5. The van der Waals surface area contributed by atoms with Gasteiger partial charge < -0.3 is 11.1 Å². The summed E-state index contributed by atoms with van der Waals surface area (Å²) in [5.74, 6) is 0.201. The molecule has 4 rings (SSSR count). The van der Waals surface area contributed by atoms with Crippen LogP contribution < -0.4 is 15.4 Å². The molecule has 0 radical (unpaired) electrons. The quantitative estimate of drug-likeness (QED) is 0.356. The van der Waals surface area contributed by atoms with Crippen molar-refractivity contribution in [3.8, 4) is 0 Å². The lowest BCUT2D eigenvalue weighted by molar-refractivity contribution is 0.592. The number of nitrogens with zero attached hydrogens (tertiary/aromatic N) is 2. The van der Waals surface area contributed by atoms with Crippen LogP contribution in [0.3, 0.4) is 0 Å². The largest absolute Gasteiger partial charge is 0.370 e. The van der Waals surface area contributed by atoms with Gasteiger partial charge >= 0.3 is 0 Å². The molecule has 0 aromatic heterocycles. The second-order valence-electron chi connectivity index (χ2n) is 7.31. The normalized spacial score (nSPS) is 16.0. The monoisotopic (exact) mass is 526 g/mol. The van der Waals surface area contributed by atoms with Gasteiger partial charge in [-0.1, -0.05) is 30.3 Å². The second-order valence-corrected chi connectivity index (χ2v) is 9.32. The third-order valence-corrected chi connectivity index (χ3v) is 7.22. The van der Waals surface area contributed by atoms with Crippen molar-refractivity contribution in [2.75, 3.05) is 28.5 Å². The number of sulfonamides is 1. The van der Waals surface area contributed by atoms with Gasteiger partial charge in [-0.15, -0.1) is 24.0 Å². The van der Waals surface area contributed by atoms with Crippen LogP contribution in [-0.4, -0.2) is 33.2 Å². The van der Waals surface area contributed by atoms with Crippen molar-refractivity contribution >= 4 is 51.3 Å². The summed E-state index contributed by atoms with van der Waals surface area (Å²) in [6.45, 7) is 0.629. The van der Waals surface area contributed by atoms with Crippen molar-refractivity contribution in [3.63, 3.8) is 0 Å². The van der Waals surface area contributed by atoms with Crippen molar-refractivity contribution in [3.05, 3.63) is 59.2 Å². The van der Waals surface area contributed by atoms with Crippen LogP contribution in [0.25, 0.3) is 0 Å². The van der Waals surface area contributed by atoms with E-state index in [0.29, 0.717) is 6.54 Å². The van der Waals surface area contributed by atoms with E-state index < -0.39 is 10.0 Å². The molecule has 2 aliphatic rings. The zero-order chi connectivity index (χ0) is 19.6. The van der Waals surface area contributed by atoms with Crippen LogP contribution in [0.15, 0.2) is 47.5 Å². The highest BCUT2D eigenvalue weighted by atomic mass is 127. The van der Waals surface area contributed by atoms with Crippen LogP contribution >= 0.6 is 24.0 Å². The van der Waals surface area contributed by atoms with Gasteiger partial charge in [-0.25, -0.2) is 8.42 Å². The molecular weight excluding hydrogens is 499 g/mol. The molecule has 0 saturated heterocycles. The number of nitrogens with one attached hydrogen (secondary N) is 1. The van der Waals surface area contributed by atoms with Gasteiger partial charge in [-0.05, 0) is 60.9 Å². The number of anilines is 2. The minimum Gasteiger partial charge on any atom is -0.370 e. The smallest absolute Gasteiger partial charge is 0.237 e. The number of para-hydroxylation sites is 1. The summed E-state index contributed by atoms with van der Waals surface area (Å²) in [7, 11) is -3.41. The molecule has 0 amide bonds. The van der Waals surface area contributed by atoms with Gasteiger partial charge in [0.2, 0.25) is 10.0 Å². The van der Waals surface area contributed by atoms with E-state index in [1.54, 1.807) is 0 Å². The molecule has 2 aromatic carbocycles. The third-order valence-electron chi connectivity index (χ3n) is 5.47. The molecule has 0 unspecified atom stereocenters. The van der Waals surface area contributed by atoms with Gasteiger partial charge in [0.05, 0.1) is 18.0 Å². The molecule has 29 heavy (non-hydrogen) atoms. The van der Waals surface area contributed by atoms with E-state index in [1.165, 1.54) is 28.3 Å². The molecule has 2 aromatic rings. The van der Waals surface area contributed by atoms with E-state index in [9.17, 15) is 8.42 Å². The van der Waals surface area contributed by atoms with Crippen molar-refractivity contribution in [1.82, 2.24) is 0 Å². The Hall–Kier alpha value is -1.81. The minimum atomic E-state index is -3.41. The average molecular weight is 526 g/mol. The Kier molecular flexibility index (Phi) is 7.05. The van der Waals surface area contributed by atoms with E-state index in [4.69, 9.17) is 5.73 Å². The van der Waals surface area contributed by atoms with E-state index in [2.05, 4.69) is 16.4 Å². The van der Waals surface area contributed by atoms with Gasteiger partial charge in [-0.2, -0.15) is 0 Å². The number of aliphatic imine (C=N–C) groups is 1. The van der Waals surface area contributed by atoms with Gasteiger partial charge in [0.15, 0.2) is 5.96 Å². The molecule has 0 spiro atoms. The fourth-order valence-corrected chi connectivity index (χ4v) is 5.45. The minimum absolute atomic E-state index is 0. The molecule has 6 nitrogen and oxygen atoms in total. The number of halogens is 1. The summed E-state index contributed by atoms with van der Waals surface area (Å²) in [4.78, 5) is 4.26. The molecule has 156 valence electrons. The maximum atomic E-state index is 12.7. The Morgan fingerprint density at radius 2 is 1.79 bits per heavy atom. The highest BCUT2D eigenvalue weighted by Gasteiger charge is 2.28. The molecule has 3 N–H and O–H groups in total. The van der Waals surface area contributed by atoms with E-state index in [0.717, 1.165) is 36.2 Å². The van der Waals surface area contributed by atoms with Gasteiger partial charge in [-0.3, -0.25) is 9.30 Å². The average Bonchev–Trinajstić information content (AvgIpc) is 3.13. The predicted octanol–water partition coefficient (Wildman–Crippen LogP) is 3.30. The van der Waals surface area contributed by atoms with Crippen LogP contribution in [-0.2, 0) is 29.3 Å². The Labute approximate surface area is 189 Å².